The van der Waals surface area contributed by atoms with Crippen LogP contribution in [0.4, 0.5) is 0 Å². The summed E-state index contributed by atoms with van der Waals surface area (Å²) in [6, 6.07) is 7.61. The lowest BCUT2D eigenvalue weighted by Crippen LogP contribution is -2.26. The first-order valence-electron chi connectivity index (χ1n) is 8.82. The molecule has 154 valence electrons. The molecule has 1 N–H and O–H groups in total. The number of carboxylic acids is 1. The first-order chi connectivity index (χ1) is 13.7. The molecule has 0 bridgehead atoms. The highest BCUT2D eigenvalue weighted by Crippen LogP contribution is 2.34. The molecule has 8 heteroatoms. The number of carbonyl (C=O) groups is 1. The van der Waals surface area contributed by atoms with Crippen LogP contribution in [0.1, 0.15) is 32.0 Å². The van der Waals surface area contributed by atoms with Gasteiger partial charge in [-0.1, -0.05) is 41.6 Å². The number of rotatable bonds is 10. The molecule has 2 rings (SSSR count). The maximum absolute atomic E-state index is 11.2. The molecule has 0 aliphatic rings. The zero-order valence-corrected chi connectivity index (χ0v) is 18.9. The van der Waals surface area contributed by atoms with Crippen molar-refractivity contribution in [3.8, 4) is 0 Å². The van der Waals surface area contributed by atoms with E-state index >= 15 is 0 Å². The van der Waals surface area contributed by atoms with Crippen molar-refractivity contribution in [2.24, 2.45) is 4.99 Å². The molecule has 0 spiro atoms. The van der Waals surface area contributed by atoms with Crippen molar-refractivity contribution in [2.45, 2.75) is 36.3 Å². The molecule has 1 heterocycles. The van der Waals surface area contributed by atoms with Crippen LogP contribution in [0.25, 0.3) is 5.57 Å². The molecule has 0 fully saturated rings. The lowest BCUT2D eigenvalue weighted by atomic mass is 10.1. The molecule has 0 amide bonds. The van der Waals surface area contributed by atoms with E-state index in [9.17, 15) is 9.90 Å². The van der Waals surface area contributed by atoms with Crippen LogP contribution in [0.5, 0.6) is 0 Å². The van der Waals surface area contributed by atoms with Gasteiger partial charge in [-0.15, -0.1) is 11.3 Å². The Hall–Kier alpha value is -2.09. The highest BCUT2D eigenvalue weighted by molar-refractivity contribution is 8.02. The van der Waals surface area contributed by atoms with E-state index in [4.69, 9.17) is 16.3 Å². The van der Waals surface area contributed by atoms with Crippen LogP contribution < -0.4 is 0 Å². The van der Waals surface area contributed by atoms with E-state index in [1.807, 2.05) is 42.6 Å². The Balaban J connectivity index is 1.91. The number of allylic oxidation sites excluding steroid dienone is 3. The predicted molar refractivity (Wildman–Crippen MR) is 122 cm³/mol. The van der Waals surface area contributed by atoms with E-state index in [1.54, 1.807) is 19.9 Å². The smallest absolute Gasteiger partial charge is 0.319 e. The number of aliphatic carboxylic acids is 1. The van der Waals surface area contributed by atoms with Gasteiger partial charge in [-0.05, 0) is 50.8 Å². The predicted octanol–water partition coefficient (Wildman–Crippen LogP) is 5.96. The zero-order valence-electron chi connectivity index (χ0n) is 16.5. The summed E-state index contributed by atoms with van der Waals surface area (Å²) in [5.74, 6) is -0.446. The van der Waals surface area contributed by atoms with Gasteiger partial charge in [0.2, 0.25) is 5.88 Å². The third-order valence-electron chi connectivity index (χ3n) is 3.91. The second-order valence-corrected chi connectivity index (χ2v) is 9.81. The van der Waals surface area contributed by atoms with E-state index < -0.39 is 10.7 Å². The quantitative estimate of drug-likeness (QED) is 0.209. The maximum atomic E-state index is 11.2. The fraction of sp³-hybridized carbons (Fsp3) is 0.286. The maximum Gasteiger partial charge on any atom is 0.319 e. The Bertz CT molecular complexity index is 936. The number of nitrogens with zero attached hydrogens (tertiary/aromatic N) is 2. The monoisotopic (exact) mass is 450 g/mol. The second-order valence-electron chi connectivity index (χ2n) is 6.64. The number of carboxylic acid groups (broad SMARTS) is 1. The number of thioether (sulfide) groups is 1. The molecule has 0 saturated heterocycles. The molecule has 1 aromatic carbocycles. The second kappa shape index (κ2) is 10.6. The average molecular weight is 451 g/mol. The van der Waals surface area contributed by atoms with Gasteiger partial charge in [0.1, 0.15) is 4.75 Å². The van der Waals surface area contributed by atoms with Crippen molar-refractivity contribution < 1.29 is 14.6 Å². The summed E-state index contributed by atoms with van der Waals surface area (Å²) < 4.78 is 5.49. The number of hydrogen-bond acceptors (Lipinski definition) is 6. The van der Waals surface area contributed by atoms with Gasteiger partial charge in [0.15, 0.2) is 4.34 Å². The Morgan fingerprint density at radius 1 is 1.45 bits per heavy atom. The highest BCUT2D eigenvalue weighted by atomic mass is 35.5. The molecule has 1 aromatic heterocycles. The average Bonchev–Trinajstić information content (AvgIpc) is 3.10. The van der Waals surface area contributed by atoms with E-state index in [1.165, 1.54) is 23.1 Å². The molecule has 0 saturated carbocycles. The minimum Gasteiger partial charge on any atom is -0.480 e. The molecule has 29 heavy (non-hydrogen) atoms. The fourth-order valence-corrected chi connectivity index (χ4v) is 4.56. The minimum atomic E-state index is -0.915. The highest BCUT2D eigenvalue weighted by Gasteiger charge is 2.29. The standard InChI is InChI=1S/C21H23ClN2O3S2/c1-14(15-6-5-7-16(22)12-15)8-9-18(23-4)27-11-10-17-13-28-20(24-17)29-21(2,3)19(25)26/h5-9,12-13H,4,10-11H2,1-3H3,(H,25,26)/b14-8+,18-9+. The molecule has 0 aliphatic carbocycles. The van der Waals surface area contributed by atoms with Crippen LogP contribution in [-0.2, 0) is 16.0 Å². The van der Waals surface area contributed by atoms with Crippen molar-refractivity contribution in [2.75, 3.05) is 6.61 Å². The van der Waals surface area contributed by atoms with Crippen LogP contribution in [0, 0.1) is 0 Å². The molecule has 0 atom stereocenters. The van der Waals surface area contributed by atoms with Crippen molar-refractivity contribution in [3.05, 3.63) is 64.0 Å². The summed E-state index contributed by atoms with van der Waals surface area (Å²) in [5.41, 5.74) is 2.90. The van der Waals surface area contributed by atoms with E-state index in [2.05, 4.69) is 16.7 Å². The fourth-order valence-electron chi connectivity index (χ4n) is 2.14. The number of hydrogen-bond donors (Lipinski definition) is 1. The largest absolute Gasteiger partial charge is 0.480 e. The molecule has 2 aromatic rings. The van der Waals surface area contributed by atoms with Crippen molar-refractivity contribution in [1.82, 2.24) is 4.98 Å². The summed E-state index contributed by atoms with van der Waals surface area (Å²) in [6.07, 6.45) is 4.26. The van der Waals surface area contributed by atoms with Gasteiger partial charge in [0.05, 0.1) is 12.3 Å². The number of aliphatic imine (C=N–C) groups is 1. The summed E-state index contributed by atoms with van der Waals surface area (Å²) in [7, 11) is 0. The SMILES string of the molecule is C=N/C(=C\C=C(/C)c1cccc(Cl)c1)OCCc1csc(SC(C)(C)C(=O)O)n1. The van der Waals surface area contributed by atoms with Crippen LogP contribution in [-0.4, -0.2) is 34.1 Å². The normalized spacial score (nSPS) is 12.7. The molecular weight excluding hydrogens is 428 g/mol. The van der Waals surface area contributed by atoms with Crippen LogP contribution in [0.3, 0.4) is 0 Å². The lowest BCUT2D eigenvalue weighted by molar-refractivity contribution is -0.138. The first-order valence-corrected chi connectivity index (χ1v) is 10.9. The van der Waals surface area contributed by atoms with Gasteiger partial charge in [-0.25, -0.2) is 9.98 Å². The number of thiazole rings is 1. The van der Waals surface area contributed by atoms with Gasteiger partial charge < -0.3 is 9.84 Å². The Morgan fingerprint density at radius 3 is 2.86 bits per heavy atom. The topological polar surface area (TPSA) is 71.8 Å². The van der Waals surface area contributed by atoms with Crippen LogP contribution in [0.2, 0.25) is 5.02 Å². The van der Waals surface area contributed by atoms with E-state index in [0.717, 1.165) is 21.2 Å². The summed E-state index contributed by atoms with van der Waals surface area (Å²) in [5, 5.41) is 11.8. The van der Waals surface area contributed by atoms with Gasteiger partial charge in [0, 0.05) is 22.9 Å². The number of ether oxygens (including phenoxy) is 1. The molecule has 0 radical (unpaired) electrons. The van der Waals surface area contributed by atoms with Gasteiger partial charge >= 0.3 is 5.97 Å². The third kappa shape index (κ3) is 7.34. The van der Waals surface area contributed by atoms with Crippen LogP contribution >= 0.6 is 34.7 Å². The summed E-state index contributed by atoms with van der Waals surface area (Å²) in [4.78, 5) is 19.6. The molecule has 5 nitrogen and oxygen atoms in total. The van der Waals surface area contributed by atoms with Gasteiger partial charge in [-0.3, -0.25) is 4.79 Å². The Labute approximate surface area is 184 Å². The van der Waals surface area contributed by atoms with E-state index in [-0.39, 0.29) is 0 Å². The Kier molecular flexibility index (Phi) is 8.49. The van der Waals surface area contributed by atoms with E-state index in [0.29, 0.717) is 23.9 Å². The number of benzene rings is 1. The molecule has 0 aliphatic heterocycles. The Morgan fingerprint density at radius 2 is 2.21 bits per heavy atom. The summed E-state index contributed by atoms with van der Waals surface area (Å²) >= 11 is 8.70. The molecule has 0 unspecified atom stereocenters. The number of aromatic nitrogens is 1. The minimum absolute atomic E-state index is 0.394. The van der Waals surface area contributed by atoms with Crippen molar-refractivity contribution in [3.63, 3.8) is 0 Å². The number of halogens is 1. The third-order valence-corrected chi connectivity index (χ3v) is 6.32. The first kappa shape index (κ1) is 23.2. The van der Waals surface area contributed by atoms with Crippen molar-refractivity contribution in [1.29, 1.82) is 0 Å². The van der Waals surface area contributed by atoms with Crippen LogP contribution in [0.15, 0.2) is 57.0 Å². The zero-order chi connectivity index (χ0) is 21.4. The van der Waals surface area contributed by atoms with Gasteiger partial charge in [-0.2, -0.15) is 0 Å². The van der Waals surface area contributed by atoms with Crippen molar-refractivity contribution >= 4 is 53.0 Å². The lowest BCUT2D eigenvalue weighted by Gasteiger charge is -2.15. The molecular formula is C21H23ClN2O3S2. The summed E-state index contributed by atoms with van der Waals surface area (Å²) in [6.45, 7) is 9.25. The van der Waals surface area contributed by atoms with Gasteiger partial charge in [0.25, 0.3) is 0 Å².